The Kier molecular flexibility index (Phi) is 6.63. The molecule has 0 spiro atoms. The van der Waals surface area contributed by atoms with Crippen LogP contribution in [0.4, 0.5) is 0 Å². The van der Waals surface area contributed by atoms with Crippen LogP contribution in [0.3, 0.4) is 0 Å². The molecular weight excluding hydrogens is 392 g/mol. The number of carbonyl (C=O) groups excluding carboxylic acids is 2. The molecule has 0 fully saturated rings. The molecule has 0 atom stereocenters. The van der Waals surface area contributed by atoms with E-state index in [9.17, 15) is 9.59 Å². The monoisotopic (exact) mass is 414 g/mol. The van der Waals surface area contributed by atoms with E-state index in [1.807, 2.05) is 0 Å². The summed E-state index contributed by atoms with van der Waals surface area (Å²) in [6, 6.07) is 10.1. The summed E-state index contributed by atoms with van der Waals surface area (Å²) in [6.45, 7) is 0.108. The molecule has 158 valence electrons. The molecule has 2 amide bonds. The number of hydrogen-bond acceptors (Lipinski definition) is 7. The fourth-order valence-corrected chi connectivity index (χ4v) is 2.85. The first kappa shape index (κ1) is 20.8. The second-order valence-electron chi connectivity index (χ2n) is 6.28. The van der Waals surface area contributed by atoms with Gasteiger partial charge in [-0.05, 0) is 36.4 Å². The average molecular weight is 414 g/mol. The van der Waals surface area contributed by atoms with E-state index in [1.54, 1.807) is 41.7 Å². The molecule has 0 aliphatic carbocycles. The van der Waals surface area contributed by atoms with Gasteiger partial charge >= 0.3 is 0 Å². The normalized spacial score (nSPS) is 10.5. The molecule has 2 N–H and O–H groups in total. The van der Waals surface area contributed by atoms with Gasteiger partial charge in [-0.3, -0.25) is 9.59 Å². The number of rotatable bonds is 10. The van der Waals surface area contributed by atoms with Crippen LogP contribution in [-0.2, 0) is 17.9 Å². The number of carbonyl (C=O) groups is 2. The van der Waals surface area contributed by atoms with E-state index in [0.29, 0.717) is 17.1 Å². The Bertz CT molecular complexity index is 920. The zero-order chi connectivity index (χ0) is 21.5. The molecule has 9 nitrogen and oxygen atoms in total. The molecule has 30 heavy (non-hydrogen) atoms. The zero-order valence-electron chi connectivity index (χ0n) is 16.6. The van der Waals surface area contributed by atoms with Crippen LogP contribution < -0.4 is 19.9 Å². The van der Waals surface area contributed by atoms with Gasteiger partial charge in [-0.15, -0.1) is 0 Å². The van der Waals surface area contributed by atoms with Crippen molar-refractivity contribution in [3.05, 3.63) is 66.0 Å². The minimum Gasteiger partial charge on any atom is -0.493 e. The maximum atomic E-state index is 13.3. The quantitative estimate of drug-likeness (QED) is 0.542. The van der Waals surface area contributed by atoms with Gasteiger partial charge in [0.05, 0.1) is 39.8 Å². The van der Waals surface area contributed by atoms with Gasteiger partial charge in [0.2, 0.25) is 5.75 Å². The predicted molar refractivity (Wildman–Crippen MR) is 105 cm³/mol. The largest absolute Gasteiger partial charge is 0.493 e. The number of primary amides is 1. The second-order valence-corrected chi connectivity index (χ2v) is 6.28. The molecule has 0 aliphatic rings. The van der Waals surface area contributed by atoms with E-state index in [1.165, 1.54) is 26.4 Å². The summed E-state index contributed by atoms with van der Waals surface area (Å²) in [7, 11) is 2.84. The number of nitrogens with zero attached hydrogens (tertiary/aromatic N) is 1. The van der Waals surface area contributed by atoms with Crippen molar-refractivity contribution < 1.29 is 32.6 Å². The van der Waals surface area contributed by atoms with Crippen LogP contribution in [0, 0.1) is 0 Å². The van der Waals surface area contributed by atoms with Crippen molar-refractivity contribution in [1.82, 2.24) is 4.90 Å². The first-order chi connectivity index (χ1) is 14.5. The van der Waals surface area contributed by atoms with Gasteiger partial charge in [0.1, 0.15) is 11.5 Å². The highest BCUT2D eigenvalue weighted by molar-refractivity contribution is 5.95. The van der Waals surface area contributed by atoms with Crippen molar-refractivity contribution in [1.29, 1.82) is 0 Å². The number of nitrogens with two attached hydrogens (primary N) is 1. The van der Waals surface area contributed by atoms with Gasteiger partial charge in [0.25, 0.3) is 11.8 Å². The third-order valence-electron chi connectivity index (χ3n) is 4.21. The van der Waals surface area contributed by atoms with Gasteiger partial charge in [0, 0.05) is 5.56 Å². The topological polar surface area (TPSA) is 117 Å². The Labute approximate surface area is 172 Å². The smallest absolute Gasteiger partial charge is 0.255 e. The molecule has 0 unspecified atom stereocenters. The molecule has 1 aromatic carbocycles. The lowest BCUT2D eigenvalue weighted by molar-refractivity contribution is -0.120. The molecule has 2 heterocycles. The van der Waals surface area contributed by atoms with Crippen LogP contribution in [0.2, 0.25) is 0 Å². The molecule has 0 aliphatic heterocycles. The number of furan rings is 2. The minimum absolute atomic E-state index is 0.180. The van der Waals surface area contributed by atoms with Crippen LogP contribution >= 0.6 is 0 Å². The van der Waals surface area contributed by atoms with E-state index < -0.39 is 5.91 Å². The average Bonchev–Trinajstić information content (AvgIpc) is 3.44. The highest BCUT2D eigenvalue weighted by Gasteiger charge is 2.23. The highest BCUT2D eigenvalue weighted by atomic mass is 16.5. The van der Waals surface area contributed by atoms with E-state index in [4.69, 9.17) is 28.8 Å². The Balaban J connectivity index is 1.93. The van der Waals surface area contributed by atoms with E-state index >= 15 is 0 Å². The number of ether oxygens (including phenoxy) is 3. The lowest BCUT2D eigenvalue weighted by Gasteiger charge is -2.22. The zero-order valence-corrected chi connectivity index (χ0v) is 16.6. The first-order valence-electron chi connectivity index (χ1n) is 9.03. The van der Waals surface area contributed by atoms with Crippen LogP contribution in [0.1, 0.15) is 21.9 Å². The highest BCUT2D eigenvalue weighted by Crippen LogP contribution is 2.39. The summed E-state index contributed by atoms with van der Waals surface area (Å²) in [5.41, 5.74) is 5.45. The lowest BCUT2D eigenvalue weighted by Crippen LogP contribution is -2.30. The van der Waals surface area contributed by atoms with E-state index in [-0.39, 0.29) is 42.9 Å². The number of hydrogen-bond donors (Lipinski definition) is 1. The molecule has 2 aromatic heterocycles. The standard InChI is InChI=1S/C21H22N2O7/c1-26-17-9-14(10-18(27-2)20(17)30-13-19(22)24)21(25)23(11-15-5-3-7-28-15)12-16-6-4-8-29-16/h3-10H,11-13H2,1-2H3,(H2,22,24). The summed E-state index contributed by atoms with van der Waals surface area (Å²) in [6.07, 6.45) is 3.09. The van der Waals surface area contributed by atoms with Gasteiger partial charge in [-0.25, -0.2) is 0 Å². The van der Waals surface area contributed by atoms with Crippen molar-refractivity contribution >= 4 is 11.8 Å². The van der Waals surface area contributed by atoms with E-state index in [2.05, 4.69) is 0 Å². The van der Waals surface area contributed by atoms with Crippen molar-refractivity contribution in [2.45, 2.75) is 13.1 Å². The molecular formula is C21H22N2O7. The fraction of sp³-hybridized carbons (Fsp3) is 0.238. The Hall–Kier alpha value is -3.88. The van der Waals surface area contributed by atoms with Crippen molar-refractivity contribution in [3.63, 3.8) is 0 Å². The molecule has 0 radical (unpaired) electrons. The minimum atomic E-state index is -0.651. The summed E-state index contributed by atoms with van der Waals surface area (Å²) in [4.78, 5) is 26.0. The predicted octanol–water partition coefficient (Wildman–Crippen LogP) is 2.60. The van der Waals surface area contributed by atoms with Crippen molar-refractivity contribution in [3.8, 4) is 17.2 Å². The SMILES string of the molecule is COc1cc(C(=O)N(Cc2ccco2)Cc2ccco2)cc(OC)c1OCC(N)=O. The molecule has 9 heteroatoms. The summed E-state index contributed by atoms with van der Waals surface area (Å²) < 4.78 is 26.9. The summed E-state index contributed by atoms with van der Waals surface area (Å²) >= 11 is 0. The molecule has 3 rings (SSSR count). The molecule has 3 aromatic rings. The van der Waals surface area contributed by atoms with Crippen LogP contribution in [0.5, 0.6) is 17.2 Å². The first-order valence-corrected chi connectivity index (χ1v) is 9.03. The Morgan fingerprint density at radius 2 is 1.50 bits per heavy atom. The van der Waals surface area contributed by atoms with Crippen molar-refractivity contribution in [2.24, 2.45) is 5.73 Å². The maximum Gasteiger partial charge on any atom is 0.255 e. The summed E-state index contributed by atoms with van der Waals surface area (Å²) in [5, 5.41) is 0. The molecule has 0 bridgehead atoms. The van der Waals surface area contributed by atoms with Crippen LogP contribution in [0.25, 0.3) is 0 Å². The van der Waals surface area contributed by atoms with Gasteiger partial charge in [-0.2, -0.15) is 0 Å². The lowest BCUT2D eigenvalue weighted by atomic mass is 10.1. The van der Waals surface area contributed by atoms with Crippen LogP contribution in [0.15, 0.2) is 57.8 Å². The Morgan fingerprint density at radius 3 is 1.90 bits per heavy atom. The fourth-order valence-electron chi connectivity index (χ4n) is 2.85. The van der Waals surface area contributed by atoms with Crippen molar-refractivity contribution in [2.75, 3.05) is 20.8 Å². The Morgan fingerprint density at radius 1 is 0.967 bits per heavy atom. The van der Waals surface area contributed by atoms with E-state index in [0.717, 1.165) is 0 Å². The molecule has 0 saturated carbocycles. The molecule has 0 saturated heterocycles. The van der Waals surface area contributed by atoms with Gasteiger partial charge in [-0.1, -0.05) is 0 Å². The third-order valence-corrected chi connectivity index (χ3v) is 4.21. The maximum absolute atomic E-state index is 13.3. The van der Waals surface area contributed by atoms with Crippen LogP contribution in [-0.4, -0.2) is 37.5 Å². The summed E-state index contributed by atoms with van der Waals surface area (Å²) in [5.74, 6) is 0.928. The number of benzene rings is 1. The number of methoxy groups -OCH3 is 2. The van der Waals surface area contributed by atoms with Gasteiger partial charge < -0.3 is 33.7 Å². The number of amides is 2. The van der Waals surface area contributed by atoms with Gasteiger partial charge in [0.15, 0.2) is 18.1 Å². The second kappa shape index (κ2) is 9.55. The third kappa shape index (κ3) is 4.93.